The fourth-order valence-corrected chi connectivity index (χ4v) is 8.49. The van der Waals surface area contributed by atoms with Crippen molar-refractivity contribution in [2.45, 2.75) is 292 Å². The lowest BCUT2D eigenvalue weighted by Crippen LogP contribution is -2.20. The first-order chi connectivity index (χ1) is 28.6. The predicted molar refractivity (Wildman–Crippen MR) is 269 cm³/mol. The zero-order valence-corrected chi connectivity index (χ0v) is 41.1. The van der Waals surface area contributed by atoms with E-state index < -0.39 is 0 Å². The number of unbranched alkanes of at least 4 members (excludes halogenated alkanes) is 29. The summed E-state index contributed by atoms with van der Waals surface area (Å²) in [6.07, 6.45) is 74.1. The zero-order valence-electron chi connectivity index (χ0n) is 41.1. The highest BCUT2D eigenvalue weighted by atomic mass is 14.3. The van der Waals surface area contributed by atoms with E-state index in [0.717, 1.165) is 6.42 Å². The van der Waals surface area contributed by atoms with Crippen LogP contribution in [0.3, 0.4) is 0 Å². The molecule has 338 valence electrons. The molecule has 0 radical (unpaired) electrons. The second kappa shape index (κ2) is 45.0. The molecule has 0 amide bonds. The molecule has 0 spiro atoms. The van der Waals surface area contributed by atoms with Gasteiger partial charge in [-0.1, -0.05) is 276 Å². The van der Waals surface area contributed by atoms with Gasteiger partial charge in [0.25, 0.3) is 0 Å². The lowest BCUT2D eigenvalue weighted by Gasteiger charge is -2.33. The minimum atomic E-state index is -0.0740. The van der Waals surface area contributed by atoms with E-state index >= 15 is 0 Å². The van der Waals surface area contributed by atoms with E-state index in [1.54, 1.807) is 11.1 Å². The molecule has 0 aromatic rings. The Balaban J connectivity index is 7.33. The largest absolute Gasteiger partial charge is 0.0873 e. The van der Waals surface area contributed by atoms with Crippen LogP contribution in [0.5, 0.6) is 0 Å². The van der Waals surface area contributed by atoms with Crippen molar-refractivity contribution >= 4 is 0 Å². The molecule has 0 heterocycles. The maximum atomic E-state index is 2.83. The standard InChI is InChI=1S/C58H106/c1-8-15-21-26-31-33-36-39-44-50-56(49-43-38-35-32-27-22-16-9-2)57(51-45-40-34-28-23-17-10-3)58(52-46-41-30-25-19-12-5,54-55(14-7)48-20-13-6)53-47-42-37-29-24-18-11-4/h43-46,49-52,54H,8-42,47-48,53H2,1-7H3. The maximum absolute atomic E-state index is 2.83. The lowest BCUT2D eigenvalue weighted by atomic mass is 9.71. The van der Waals surface area contributed by atoms with E-state index in [1.165, 1.54) is 243 Å². The molecule has 0 saturated heterocycles. The summed E-state index contributed by atoms with van der Waals surface area (Å²) in [5.74, 6) is 0. The SMILES string of the molecule is CCCCCCC=CC(C=C(CC)CCCC)(CCCCCCCCC)C(C=CCCCCCCC)=C(C=CCCCCCCCC)C=CCCCCCCCCC. The fourth-order valence-electron chi connectivity index (χ4n) is 8.49. The van der Waals surface area contributed by atoms with Gasteiger partial charge in [0.2, 0.25) is 0 Å². The molecule has 0 nitrogen and oxygen atoms in total. The van der Waals surface area contributed by atoms with Crippen molar-refractivity contribution in [1.82, 2.24) is 0 Å². The van der Waals surface area contributed by atoms with Gasteiger partial charge in [0.05, 0.1) is 0 Å². The Labute approximate surface area is 367 Å². The minimum absolute atomic E-state index is 0.0740. The van der Waals surface area contributed by atoms with Crippen LogP contribution in [0.2, 0.25) is 0 Å². The Bertz CT molecular complexity index is 1030. The van der Waals surface area contributed by atoms with Gasteiger partial charge in [0.15, 0.2) is 0 Å². The third kappa shape index (κ3) is 33.2. The van der Waals surface area contributed by atoms with Crippen LogP contribution >= 0.6 is 0 Å². The van der Waals surface area contributed by atoms with Gasteiger partial charge in [0, 0.05) is 5.41 Å². The molecule has 0 aromatic heterocycles. The Morgan fingerprint density at radius 1 is 0.345 bits per heavy atom. The number of hydrogen-bond acceptors (Lipinski definition) is 0. The van der Waals surface area contributed by atoms with Crippen LogP contribution in [0, 0.1) is 5.41 Å². The van der Waals surface area contributed by atoms with Crippen LogP contribution in [-0.4, -0.2) is 0 Å². The van der Waals surface area contributed by atoms with Gasteiger partial charge in [-0.15, -0.1) is 0 Å². The van der Waals surface area contributed by atoms with Crippen molar-refractivity contribution in [3.8, 4) is 0 Å². The van der Waals surface area contributed by atoms with Crippen molar-refractivity contribution in [3.05, 3.63) is 71.4 Å². The number of hydrogen-bond donors (Lipinski definition) is 0. The van der Waals surface area contributed by atoms with E-state index in [2.05, 4.69) is 103 Å². The topological polar surface area (TPSA) is 0 Å². The molecule has 1 unspecified atom stereocenters. The van der Waals surface area contributed by atoms with Gasteiger partial charge in [-0.05, 0) is 88.2 Å². The summed E-state index contributed by atoms with van der Waals surface area (Å²) in [5, 5.41) is 0. The van der Waals surface area contributed by atoms with Crippen molar-refractivity contribution in [2.75, 3.05) is 0 Å². The molecular weight excluding hydrogens is 697 g/mol. The Morgan fingerprint density at radius 3 is 1.10 bits per heavy atom. The highest BCUT2D eigenvalue weighted by Crippen LogP contribution is 2.43. The summed E-state index contributed by atoms with van der Waals surface area (Å²) in [5.41, 5.74) is 4.66. The number of rotatable bonds is 44. The molecule has 0 rings (SSSR count). The third-order valence-electron chi connectivity index (χ3n) is 12.5. The Morgan fingerprint density at radius 2 is 0.690 bits per heavy atom. The molecule has 1 atom stereocenters. The summed E-state index contributed by atoms with van der Waals surface area (Å²) >= 11 is 0. The summed E-state index contributed by atoms with van der Waals surface area (Å²) < 4.78 is 0. The van der Waals surface area contributed by atoms with Gasteiger partial charge in [-0.2, -0.15) is 0 Å². The van der Waals surface area contributed by atoms with Crippen molar-refractivity contribution < 1.29 is 0 Å². The fraction of sp³-hybridized carbons (Fsp3) is 0.793. The molecule has 0 heteroatoms. The molecule has 0 saturated carbocycles. The molecule has 0 aliphatic heterocycles. The predicted octanol–water partition coefficient (Wildman–Crippen LogP) is 21.4. The maximum Gasteiger partial charge on any atom is 0.0320 e. The van der Waals surface area contributed by atoms with Gasteiger partial charge in [-0.3, -0.25) is 0 Å². The molecule has 58 heavy (non-hydrogen) atoms. The van der Waals surface area contributed by atoms with Crippen molar-refractivity contribution in [1.29, 1.82) is 0 Å². The third-order valence-corrected chi connectivity index (χ3v) is 12.5. The smallest absolute Gasteiger partial charge is 0.0320 e. The van der Waals surface area contributed by atoms with E-state index in [-0.39, 0.29) is 5.41 Å². The normalized spacial score (nSPS) is 14.2. The minimum Gasteiger partial charge on any atom is -0.0873 e. The van der Waals surface area contributed by atoms with Crippen molar-refractivity contribution in [2.24, 2.45) is 5.41 Å². The van der Waals surface area contributed by atoms with Crippen LogP contribution < -0.4 is 0 Å². The first kappa shape index (κ1) is 56.4. The van der Waals surface area contributed by atoms with Crippen LogP contribution in [0.25, 0.3) is 0 Å². The van der Waals surface area contributed by atoms with Crippen LogP contribution in [0.1, 0.15) is 292 Å². The molecule has 0 aliphatic rings. The Hall–Kier alpha value is -1.56. The summed E-state index contributed by atoms with van der Waals surface area (Å²) in [6.45, 7) is 16.5. The quantitative estimate of drug-likeness (QED) is 0.0327. The van der Waals surface area contributed by atoms with Gasteiger partial charge in [0.1, 0.15) is 0 Å². The van der Waals surface area contributed by atoms with E-state index in [0.29, 0.717) is 0 Å². The second-order valence-corrected chi connectivity index (χ2v) is 18.2. The van der Waals surface area contributed by atoms with Gasteiger partial charge < -0.3 is 0 Å². The zero-order chi connectivity index (χ0) is 42.5. The average molecular weight is 803 g/mol. The summed E-state index contributed by atoms with van der Waals surface area (Å²) in [7, 11) is 0. The first-order valence-corrected chi connectivity index (χ1v) is 26.7. The van der Waals surface area contributed by atoms with Crippen LogP contribution in [-0.2, 0) is 0 Å². The first-order valence-electron chi connectivity index (χ1n) is 26.7. The van der Waals surface area contributed by atoms with E-state index in [4.69, 9.17) is 0 Å². The van der Waals surface area contributed by atoms with Crippen molar-refractivity contribution in [3.63, 3.8) is 0 Å². The summed E-state index contributed by atoms with van der Waals surface area (Å²) in [4.78, 5) is 0. The van der Waals surface area contributed by atoms with Crippen LogP contribution in [0.4, 0.5) is 0 Å². The van der Waals surface area contributed by atoms with E-state index in [9.17, 15) is 0 Å². The van der Waals surface area contributed by atoms with Crippen LogP contribution in [0.15, 0.2) is 71.4 Å². The molecule has 0 aliphatic carbocycles. The highest BCUT2D eigenvalue weighted by molar-refractivity contribution is 5.49. The number of allylic oxidation sites excluding steroid dienone is 12. The monoisotopic (exact) mass is 803 g/mol. The highest BCUT2D eigenvalue weighted by Gasteiger charge is 2.30. The molecule has 0 aromatic carbocycles. The lowest BCUT2D eigenvalue weighted by molar-refractivity contribution is 0.475. The van der Waals surface area contributed by atoms with Gasteiger partial charge in [-0.25, -0.2) is 0 Å². The average Bonchev–Trinajstić information content (AvgIpc) is 3.23. The summed E-state index contributed by atoms with van der Waals surface area (Å²) in [6, 6.07) is 0. The van der Waals surface area contributed by atoms with Gasteiger partial charge >= 0.3 is 0 Å². The molecule has 0 bridgehead atoms. The second-order valence-electron chi connectivity index (χ2n) is 18.2. The molecule has 0 fully saturated rings. The molecular formula is C58H106. The molecule has 0 N–H and O–H groups in total. The Kier molecular flexibility index (Phi) is 43.8. The van der Waals surface area contributed by atoms with E-state index in [1.807, 2.05) is 0 Å².